The first-order chi connectivity index (χ1) is 37.3. The van der Waals surface area contributed by atoms with Crippen LogP contribution in [0.2, 0.25) is 0 Å². The molecule has 80 heavy (non-hydrogen) atoms. The molecule has 8 rings (SSSR count). The van der Waals surface area contributed by atoms with Crippen molar-refractivity contribution in [3.8, 4) is 45.4 Å². The molecular formula is C53H48N4O19S4. The van der Waals surface area contributed by atoms with Gasteiger partial charge >= 0.3 is 11.9 Å². The minimum absolute atomic E-state index is 0.00471. The van der Waals surface area contributed by atoms with E-state index in [4.69, 9.17) is 13.9 Å². The third-order valence-corrected chi connectivity index (χ3v) is 17.5. The summed E-state index contributed by atoms with van der Waals surface area (Å²) in [4.78, 5) is 26.0. The number of sulfonamides is 2. The van der Waals surface area contributed by atoms with E-state index in [1.165, 1.54) is 43.3 Å². The van der Waals surface area contributed by atoms with E-state index >= 15 is 0 Å². The first-order valence-corrected chi connectivity index (χ1v) is 29.1. The van der Waals surface area contributed by atoms with Crippen molar-refractivity contribution in [1.29, 1.82) is 0 Å². The number of carboxylic acid groups (broad SMARTS) is 2. The number of benzene rings is 7. The number of aromatic hydroxyl groups is 2. The van der Waals surface area contributed by atoms with Gasteiger partial charge in [-0.2, -0.15) is 16.8 Å². The van der Waals surface area contributed by atoms with Crippen molar-refractivity contribution in [3.05, 3.63) is 141 Å². The lowest BCUT2D eigenvalue weighted by molar-refractivity contribution is 0.0681. The van der Waals surface area contributed by atoms with Crippen LogP contribution in [0, 0.1) is 41.5 Å². The van der Waals surface area contributed by atoms with Gasteiger partial charge in [0.25, 0.3) is 40.3 Å². The Bertz CT molecular complexity index is 4500. The minimum Gasteiger partial charge on any atom is -0.504 e. The van der Waals surface area contributed by atoms with Gasteiger partial charge in [-0.05, 0) is 111 Å². The van der Waals surface area contributed by atoms with Gasteiger partial charge in [0.05, 0.1) is 46.4 Å². The van der Waals surface area contributed by atoms with Gasteiger partial charge in [0, 0.05) is 57.7 Å². The van der Waals surface area contributed by atoms with Crippen molar-refractivity contribution in [1.82, 2.24) is 0 Å². The van der Waals surface area contributed by atoms with Gasteiger partial charge < -0.3 is 39.6 Å². The van der Waals surface area contributed by atoms with E-state index in [2.05, 4.69) is 19.8 Å². The summed E-state index contributed by atoms with van der Waals surface area (Å²) < 4.78 is 151. The lowest BCUT2D eigenvalue weighted by atomic mass is 9.93. The molecule has 23 nitrogen and oxygen atoms in total. The standard InChI is InChI=1S/C53H48N4O19S4/c1-24-15-26(3)48(56-77(64,65)31-18-36(52(60)61)50(58)41(20-31)74-7)28(5)46(24)54-30-13-14-33-39(17-30)76-40-23-38(44(80(71,72)73)22-35(40)45(33)34-11-9-10-12-43(34)79(68,69)70)55-47-25(2)16-27(4)49(29(47)6)57-78(66,67)32-19-37(53(62)63)51(59)42(21-32)75-8/h9-23,54,56-59H,1-8H3,(H,60,61)(H,62,63)(H,68,69,70)(H,71,72,73). The second-order valence-corrected chi connectivity index (χ2v) is 24.4. The molecule has 1 heterocycles. The van der Waals surface area contributed by atoms with E-state index in [0.29, 0.717) is 39.2 Å². The van der Waals surface area contributed by atoms with Crippen molar-refractivity contribution in [2.75, 3.05) is 29.0 Å². The molecule has 0 aromatic heterocycles. The molecule has 0 bridgehead atoms. The zero-order chi connectivity index (χ0) is 58.9. The van der Waals surface area contributed by atoms with Crippen LogP contribution in [-0.2, 0) is 40.3 Å². The maximum Gasteiger partial charge on any atom is 0.339 e. The molecule has 1 aliphatic heterocycles. The fourth-order valence-corrected chi connectivity index (χ4v) is 13.1. The molecule has 418 valence electrons. The molecule has 27 heteroatoms. The summed E-state index contributed by atoms with van der Waals surface area (Å²) in [6.45, 7) is 9.60. The second-order valence-electron chi connectivity index (χ2n) is 18.3. The fraction of sp³-hybridized carbons (Fsp3) is 0.151. The highest BCUT2D eigenvalue weighted by Crippen LogP contribution is 2.45. The van der Waals surface area contributed by atoms with Gasteiger partial charge in [0.15, 0.2) is 23.0 Å². The number of hydrogen-bond acceptors (Lipinski definition) is 17. The van der Waals surface area contributed by atoms with E-state index in [9.17, 15) is 72.8 Å². The summed E-state index contributed by atoms with van der Waals surface area (Å²) in [5, 5.41) is 43.1. The van der Waals surface area contributed by atoms with Gasteiger partial charge in [-0.15, -0.1) is 0 Å². The molecule has 2 aliphatic rings. The molecule has 0 unspecified atom stereocenters. The zero-order valence-electron chi connectivity index (χ0n) is 43.2. The molecular weight excluding hydrogens is 1120 g/mol. The largest absolute Gasteiger partial charge is 0.504 e. The van der Waals surface area contributed by atoms with Gasteiger partial charge in [0.1, 0.15) is 32.3 Å². The Hall–Kier alpha value is -8.73. The maximum atomic E-state index is 13.9. The molecule has 6 aromatic carbocycles. The van der Waals surface area contributed by atoms with Crippen LogP contribution in [0.4, 0.5) is 28.4 Å². The normalized spacial score (nSPS) is 12.4. The Morgan fingerprint density at radius 3 is 1.57 bits per heavy atom. The Morgan fingerprint density at radius 1 is 0.562 bits per heavy atom. The number of anilines is 4. The van der Waals surface area contributed by atoms with E-state index < -0.39 is 111 Å². The minimum atomic E-state index is -5.25. The maximum absolute atomic E-state index is 13.9. The van der Waals surface area contributed by atoms with Crippen LogP contribution < -0.4 is 29.6 Å². The van der Waals surface area contributed by atoms with E-state index in [1.54, 1.807) is 46.8 Å². The highest BCUT2D eigenvalue weighted by Gasteiger charge is 2.30. The third kappa shape index (κ3) is 10.8. The molecule has 6 aromatic rings. The van der Waals surface area contributed by atoms with Gasteiger partial charge in [0.2, 0.25) is 0 Å². The van der Waals surface area contributed by atoms with Gasteiger partial charge in [-0.25, -0.2) is 31.4 Å². The number of nitrogens with one attached hydrogen (secondary N) is 3. The molecule has 1 aliphatic carbocycles. The number of aromatic carboxylic acids is 2. The Balaban J connectivity index is 1.32. The number of methoxy groups -OCH3 is 2. The van der Waals surface area contributed by atoms with Crippen molar-refractivity contribution in [3.63, 3.8) is 0 Å². The average molecular weight is 1170 g/mol. The predicted molar refractivity (Wildman–Crippen MR) is 293 cm³/mol. The SMILES string of the molecule is COc1cc(S(=O)(=O)Nc2c(C)cc(C)c(N=c3cc4oc5cc(Nc6c(C)cc(C)c(NS(=O)(=O)c7cc(OC)c(O)c(C(=O)O)c7)c6C)ccc5c(-c5ccccc5S(=O)(=O)O)c-4cc3S(=O)(=O)O)c2C)cc(C(=O)O)c1O. The Kier molecular flexibility index (Phi) is 14.9. The van der Waals surface area contributed by atoms with Crippen LogP contribution in [0.15, 0.2) is 120 Å². The van der Waals surface area contributed by atoms with Crippen LogP contribution in [0.3, 0.4) is 0 Å². The number of nitrogens with zero attached hydrogens (tertiary/aromatic N) is 1. The van der Waals surface area contributed by atoms with Crippen molar-refractivity contribution >= 4 is 91.6 Å². The summed E-state index contributed by atoms with van der Waals surface area (Å²) in [6.07, 6.45) is 0. The number of ether oxygens (including phenoxy) is 2. The third-order valence-electron chi connectivity index (χ3n) is 13.0. The molecule has 0 saturated carbocycles. The van der Waals surface area contributed by atoms with E-state index in [1.807, 2.05) is 0 Å². The monoisotopic (exact) mass is 1170 g/mol. The van der Waals surface area contributed by atoms with Crippen molar-refractivity contribution in [2.24, 2.45) is 4.99 Å². The molecule has 0 spiro atoms. The lowest BCUT2D eigenvalue weighted by Gasteiger charge is -2.21. The fourth-order valence-electron chi connectivity index (χ4n) is 9.27. The van der Waals surface area contributed by atoms with E-state index in [-0.39, 0.29) is 56.0 Å². The number of rotatable bonds is 16. The highest BCUT2D eigenvalue weighted by atomic mass is 32.2. The topological polar surface area (TPSA) is 372 Å². The Morgan fingerprint density at radius 2 is 1.06 bits per heavy atom. The molecule has 0 amide bonds. The number of carboxylic acids is 2. The van der Waals surface area contributed by atoms with Gasteiger partial charge in [-0.3, -0.25) is 18.5 Å². The predicted octanol–water partition coefficient (Wildman–Crippen LogP) is 8.95. The first-order valence-electron chi connectivity index (χ1n) is 23.2. The Labute approximate surface area is 457 Å². The summed E-state index contributed by atoms with van der Waals surface area (Å²) in [5.74, 6) is -5.87. The quantitative estimate of drug-likeness (QED) is 0.0322. The second kappa shape index (κ2) is 20.8. The van der Waals surface area contributed by atoms with Gasteiger partial charge in [-0.1, -0.05) is 30.3 Å². The van der Waals surface area contributed by atoms with E-state index in [0.717, 1.165) is 56.7 Å². The van der Waals surface area contributed by atoms with Crippen LogP contribution >= 0.6 is 0 Å². The highest BCUT2D eigenvalue weighted by molar-refractivity contribution is 7.93. The first kappa shape index (κ1) is 57.4. The van der Waals surface area contributed by atoms with Crippen LogP contribution in [-0.4, -0.2) is 89.4 Å². The lowest BCUT2D eigenvalue weighted by Crippen LogP contribution is -2.17. The summed E-state index contributed by atoms with van der Waals surface area (Å²) in [7, 11) is -17.2. The molecule has 0 atom stereocenters. The number of hydrogen-bond donors (Lipinski definition) is 9. The van der Waals surface area contributed by atoms with Crippen molar-refractivity contribution < 1.29 is 86.7 Å². The van der Waals surface area contributed by atoms with Crippen molar-refractivity contribution in [2.45, 2.75) is 61.1 Å². The number of carbonyl (C=O) groups is 2. The number of aryl methyl sites for hydroxylation is 4. The smallest absolute Gasteiger partial charge is 0.339 e. The average Bonchev–Trinajstić information content (AvgIpc) is 3.57. The van der Waals surface area contributed by atoms with Crippen LogP contribution in [0.1, 0.15) is 54.1 Å². The van der Waals surface area contributed by atoms with Crippen LogP contribution in [0.5, 0.6) is 23.0 Å². The molecule has 0 fully saturated rings. The van der Waals surface area contributed by atoms with Crippen LogP contribution in [0.25, 0.3) is 33.4 Å². The molecule has 0 saturated heterocycles. The number of fused-ring (bicyclic) bond motifs is 2. The summed E-state index contributed by atoms with van der Waals surface area (Å²) >= 11 is 0. The summed E-state index contributed by atoms with van der Waals surface area (Å²) in [6, 6.07) is 18.5. The zero-order valence-corrected chi connectivity index (χ0v) is 46.5. The molecule has 9 N–H and O–H groups in total. The summed E-state index contributed by atoms with van der Waals surface area (Å²) in [5.41, 5.74) is 1.31. The number of phenols is 2. The molecule has 0 radical (unpaired) electrons.